The van der Waals surface area contributed by atoms with Crippen LogP contribution >= 0.6 is 0 Å². The van der Waals surface area contributed by atoms with E-state index in [4.69, 9.17) is 5.73 Å². The maximum Gasteiger partial charge on any atom is 0.0524 e. The van der Waals surface area contributed by atoms with Crippen LogP contribution in [0.3, 0.4) is 0 Å². The van der Waals surface area contributed by atoms with E-state index < -0.39 is 0 Å². The molecule has 0 spiro atoms. The Hall–Kier alpha value is -0.830. The second kappa shape index (κ2) is 2.59. The quantitative estimate of drug-likeness (QED) is 0.671. The minimum Gasteiger partial charge on any atom is -0.327 e. The van der Waals surface area contributed by atoms with Crippen LogP contribution in [0.1, 0.15) is 24.8 Å². The molecule has 1 heterocycles. The molecule has 0 saturated heterocycles. The molecule has 3 atom stereocenters. The number of aromatic nitrogens is 2. The van der Waals surface area contributed by atoms with Gasteiger partial charge in [-0.25, -0.2) is 0 Å². The highest BCUT2D eigenvalue weighted by Gasteiger charge is 2.36. The fraction of sp³-hybridized carbons (Fsp3) is 0.667. The molecule has 2 N–H and O–H groups in total. The van der Waals surface area contributed by atoms with Crippen LogP contribution in [0.2, 0.25) is 0 Å². The summed E-state index contributed by atoms with van der Waals surface area (Å²) in [7, 11) is 1.95. The van der Waals surface area contributed by atoms with Crippen molar-refractivity contribution in [1.29, 1.82) is 0 Å². The van der Waals surface area contributed by atoms with Crippen molar-refractivity contribution in [3.8, 4) is 0 Å². The second-order valence-corrected chi connectivity index (χ2v) is 3.81. The van der Waals surface area contributed by atoms with Crippen molar-refractivity contribution in [2.24, 2.45) is 18.7 Å². The molecule has 0 bridgehead atoms. The first kappa shape index (κ1) is 7.80. The van der Waals surface area contributed by atoms with E-state index in [2.05, 4.69) is 18.2 Å². The summed E-state index contributed by atoms with van der Waals surface area (Å²) in [5.41, 5.74) is 7.17. The Morgan fingerprint density at radius 1 is 1.67 bits per heavy atom. The molecular weight excluding hydrogens is 150 g/mol. The largest absolute Gasteiger partial charge is 0.327 e. The molecule has 1 saturated carbocycles. The Morgan fingerprint density at radius 3 is 2.83 bits per heavy atom. The van der Waals surface area contributed by atoms with Gasteiger partial charge in [-0.3, -0.25) is 4.68 Å². The molecule has 3 nitrogen and oxygen atoms in total. The third-order valence-corrected chi connectivity index (χ3v) is 2.99. The fourth-order valence-corrected chi connectivity index (χ4v) is 1.90. The molecule has 0 aliphatic heterocycles. The first-order valence-corrected chi connectivity index (χ1v) is 4.42. The van der Waals surface area contributed by atoms with E-state index in [0.29, 0.717) is 17.9 Å². The zero-order valence-electron chi connectivity index (χ0n) is 7.57. The third kappa shape index (κ3) is 1.05. The summed E-state index contributed by atoms with van der Waals surface area (Å²) in [5.74, 6) is 1.27. The van der Waals surface area contributed by atoms with Crippen LogP contribution in [0.15, 0.2) is 12.4 Å². The van der Waals surface area contributed by atoms with Crippen molar-refractivity contribution in [3.63, 3.8) is 0 Å². The van der Waals surface area contributed by atoms with E-state index >= 15 is 0 Å². The summed E-state index contributed by atoms with van der Waals surface area (Å²) in [6.45, 7) is 2.21. The highest BCUT2D eigenvalue weighted by Crippen LogP contribution is 2.40. The smallest absolute Gasteiger partial charge is 0.0524 e. The molecule has 3 heteroatoms. The second-order valence-electron chi connectivity index (χ2n) is 3.81. The van der Waals surface area contributed by atoms with Gasteiger partial charge in [0.05, 0.1) is 6.20 Å². The standard InChI is InChI=1S/C9H15N3/c1-6-8(3-9(6)10)7-4-11-12(2)5-7/h4-6,8-9H,3,10H2,1-2H3. The number of aryl methyl sites for hydroxylation is 1. The summed E-state index contributed by atoms with van der Waals surface area (Å²) >= 11 is 0. The van der Waals surface area contributed by atoms with Gasteiger partial charge in [0, 0.05) is 19.3 Å². The van der Waals surface area contributed by atoms with Gasteiger partial charge in [0.15, 0.2) is 0 Å². The Bertz CT molecular complexity index is 279. The van der Waals surface area contributed by atoms with Gasteiger partial charge in [0.25, 0.3) is 0 Å². The summed E-state index contributed by atoms with van der Waals surface area (Å²) in [4.78, 5) is 0. The molecule has 66 valence electrons. The predicted octanol–water partition coefficient (Wildman–Crippen LogP) is 0.871. The van der Waals surface area contributed by atoms with Crippen molar-refractivity contribution in [1.82, 2.24) is 9.78 Å². The summed E-state index contributed by atoms with van der Waals surface area (Å²) in [6.07, 6.45) is 5.16. The third-order valence-electron chi connectivity index (χ3n) is 2.99. The highest BCUT2D eigenvalue weighted by molar-refractivity contribution is 5.18. The normalized spacial score (nSPS) is 34.8. The zero-order valence-corrected chi connectivity index (χ0v) is 7.57. The average Bonchev–Trinajstić information content (AvgIpc) is 2.46. The number of nitrogens with zero attached hydrogens (tertiary/aromatic N) is 2. The highest BCUT2D eigenvalue weighted by atomic mass is 15.2. The van der Waals surface area contributed by atoms with Gasteiger partial charge in [-0.05, 0) is 23.8 Å². The van der Waals surface area contributed by atoms with Crippen LogP contribution in [0.25, 0.3) is 0 Å². The minimum atomic E-state index is 0.398. The lowest BCUT2D eigenvalue weighted by molar-refractivity contribution is 0.226. The van der Waals surface area contributed by atoms with E-state index in [9.17, 15) is 0 Å². The molecule has 12 heavy (non-hydrogen) atoms. The Morgan fingerprint density at radius 2 is 2.42 bits per heavy atom. The summed E-state index contributed by atoms with van der Waals surface area (Å²) in [6, 6.07) is 0.398. The molecule has 0 amide bonds. The summed E-state index contributed by atoms with van der Waals surface area (Å²) in [5, 5.41) is 4.15. The molecule has 1 aliphatic rings. The SMILES string of the molecule is CC1C(N)CC1c1cnn(C)c1. The van der Waals surface area contributed by atoms with Crippen LogP contribution in [-0.2, 0) is 7.05 Å². The van der Waals surface area contributed by atoms with Gasteiger partial charge < -0.3 is 5.73 Å². The molecule has 1 aliphatic carbocycles. The zero-order chi connectivity index (χ0) is 8.72. The molecule has 2 rings (SSSR count). The van der Waals surface area contributed by atoms with Crippen molar-refractivity contribution >= 4 is 0 Å². The van der Waals surface area contributed by atoms with Gasteiger partial charge >= 0.3 is 0 Å². The Kier molecular flexibility index (Phi) is 1.68. The van der Waals surface area contributed by atoms with Crippen LogP contribution < -0.4 is 5.73 Å². The van der Waals surface area contributed by atoms with Crippen molar-refractivity contribution < 1.29 is 0 Å². The van der Waals surface area contributed by atoms with E-state index in [1.807, 2.05) is 17.9 Å². The number of hydrogen-bond acceptors (Lipinski definition) is 2. The van der Waals surface area contributed by atoms with Gasteiger partial charge in [0.1, 0.15) is 0 Å². The lowest BCUT2D eigenvalue weighted by Gasteiger charge is -2.40. The van der Waals surface area contributed by atoms with Crippen molar-refractivity contribution in [2.75, 3.05) is 0 Å². The van der Waals surface area contributed by atoms with Crippen molar-refractivity contribution in [3.05, 3.63) is 18.0 Å². The molecule has 0 aromatic carbocycles. The molecule has 1 aromatic rings. The maximum atomic E-state index is 5.83. The van der Waals surface area contributed by atoms with E-state index in [1.54, 1.807) is 0 Å². The average molecular weight is 165 g/mol. The van der Waals surface area contributed by atoms with Crippen LogP contribution in [0.5, 0.6) is 0 Å². The Labute approximate surface area is 72.6 Å². The summed E-state index contributed by atoms with van der Waals surface area (Å²) < 4.78 is 1.85. The maximum absolute atomic E-state index is 5.83. The van der Waals surface area contributed by atoms with Gasteiger partial charge in [0.2, 0.25) is 0 Å². The van der Waals surface area contributed by atoms with Crippen LogP contribution in [0.4, 0.5) is 0 Å². The van der Waals surface area contributed by atoms with Crippen LogP contribution in [0, 0.1) is 5.92 Å². The Balaban J connectivity index is 2.12. The first-order valence-electron chi connectivity index (χ1n) is 4.42. The topological polar surface area (TPSA) is 43.8 Å². The molecular formula is C9H15N3. The monoisotopic (exact) mass is 165 g/mol. The number of nitrogens with two attached hydrogens (primary N) is 1. The lowest BCUT2D eigenvalue weighted by Crippen LogP contribution is -2.43. The van der Waals surface area contributed by atoms with E-state index in [1.165, 1.54) is 5.56 Å². The fourth-order valence-electron chi connectivity index (χ4n) is 1.90. The van der Waals surface area contributed by atoms with Gasteiger partial charge in [-0.15, -0.1) is 0 Å². The van der Waals surface area contributed by atoms with Gasteiger partial charge in [-0.2, -0.15) is 5.10 Å². The molecule has 1 fully saturated rings. The molecule has 0 radical (unpaired) electrons. The van der Waals surface area contributed by atoms with E-state index in [0.717, 1.165) is 6.42 Å². The predicted molar refractivity (Wildman–Crippen MR) is 47.7 cm³/mol. The molecule has 3 unspecified atom stereocenters. The lowest BCUT2D eigenvalue weighted by atomic mass is 9.68. The minimum absolute atomic E-state index is 0.398. The number of rotatable bonds is 1. The first-order chi connectivity index (χ1) is 5.68. The van der Waals surface area contributed by atoms with Crippen molar-refractivity contribution in [2.45, 2.75) is 25.3 Å². The van der Waals surface area contributed by atoms with Gasteiger partial charge in [-0.1, -0.05) is 6.92 Å². The van der Waals surface area contributed by atoms with E-state index in [-0.39, 0.29) is 0 Å². The number of hydrogen-bond donors (Lipinski definition) is 1. The molecule has 1 aromatic heterocycles. The van der Waals surface area contributed by atoms with Crippen LogP contribution in [-0.4, -0.2) is 15.8 Å².